The Morgan fingerprint density at radius 3 is 2.65 bits per heavy atom. The lowest BCUT2D eigenvalue weighted by molar-refractivity contribution is 0.586. The predicted molar refractivity (Wildman–Crippen MR) is 71.0 cm³/mol. The number of sulfone groups is 1. The summed E-state index contributed by atoms with van der Waals surface area (Å²) in [6.07, 6.45) is 1.62. The van der Waals surface area contributed by atoms with E-state index in [0.717, 1.165) is 5.69 Å². The number of hydrogen-bond donors (Lipinski definition) is 1. The Morgan fingerprint density at radius 1 is 1.41 bits per heavy atom. The summed E-state index contributed by atoms with van der Waals surface area (Å²) in [5.74, 6) is 0.331. The SMILES string of the molecule is NC(=S)c1ncccc1N1CCS(=O)(=O)CC1. The van der Waals surface area contributed by atoms with Gasteiger partial charge in [-0.3, -0.25) is 4.98 Å². The predicted octanol–water partition coefficient (Wildman–Crippen LogP) is -0.0494. The first-order valence-electron chi connectivity index (χ1n) is 5.20. The third kappa shape index (κ3) is 2.73. The first-order chi connectivity index (χ1) is 7.99. The highest BCUT2D eigenvalue weighted by atomic mass is 32.2. The molecule has 2 N–H and O–H groups in total. The zero-order valence-electron chi connectivity index (χ0n) is 9.17. The molecule has 2 rings (SSSR count). The van der Waals surface area contributed by atoms with Crippen molar-refractivity contribution < 1.29 is 8.42 Å². The standard InChI is InChI=1S/C10H13N3O2S2/c11-10(16)9-8(2-1-3-12-9)13-4-6-17(14,15)7-5-13/h1-3H,4-7H2,(H2,11,16). The first-order valence-corrected chi connectivity index (χ1v) is 7.43. The van der Waals surface area contributed by atoms with E-state index >= 15 is 0 Å². The van der Waals surface area contributed by atoms with Crippen LogP contribution in [0.2, 0.25) is 0 Å². The molecule has 0 saturated carbocycles. The highest BCUT2D eigenvalue weighted by Crippen LogP contribution is 2.20. The molecule has 5 nitrogen and oxygen atoms in total. The Hall–Kier alpha value is -1.21. The Morgan fingerprint density at radius 2 is 2.06 bits per heavy atom. The van der Waals surface area contributed by atoms with E-state index in [-0.39, 0.29) is 16.5 Å². The molecule has 0 atom stereocenters. The third-order valence-electron chi connectivity index (χ3n) is 2.70. The molecule has 1 aliphatic rings. The first kappa shape index (κ1) is 12.3. The number of nitrogens with two attached hydrogens (primary N) is 1. The average molecular weight is 271 g/mol. The summed E-state index contributed by atoms with van der Waals surface area (Å²) in [5, 5.41) is 0. The van der Waals surface area contributed by atoms with Gasteiger partial charge < -0.3 is 10.6 Å². The second-order valence-corrected chi connectivity index (χ2v) is 6.62. The summed E-state index contributed by atoms with van der Waals surface area (Å²) in [6, 6.07) is 3.65. The average Bonchev–Trinajstić information content (AvgIpc) is 2.29. The van der Waals surface area contributed by atoms with Crippen molar-refractivity contribution >= 4 is 32.7 Å². The lowest BCUT2D eigenvalue weighted by Crippen LogP contribution is -2.41. The van der Waals surface area contributed by atoms with Gasteiger partial charge in [0, 0.05) is 19.3 Å². The molecule has 0 amide bonds. The van der Waals surface area contributed by atoms with Crippen molar-refractivity contribution in [2.24, 2.45) is 5.73 Å². The fourth-order valence-corrected chi connectivity index (χ4v) is 3.15. The summed E-state index contributed by atoms with van der Waals surface area (Å²) in [4.78, 5) is 6.32. The minimum absolute atomic E-state index is 0.165. The van der Waals surface area contributed by atoms with Gasteiger partial charge in [0.15, 0.2) is 9.84 Å². The van der Waals surface area contributed by atoms with Gasteiger partial charge in [0.2, 0.25) is 0 Å². The van der Waals surface area contributed by atoms with Crippen LogP contribution in [0.4, 0.5) is 5.69 Å². The Kier molecular flexibility index (Phi) is 3.30. The fraction of sp³-hybridized carbons (Fsp3) is 0.400. The molecule has 0 aromatic carbocycles. The van der Waals surface area contributed by atoms with Gasteiger partial charge in [-0.1, -0.05) is 12.2 Å². The zero-order valence-corrected chi connectivity index (χ0v) is 10.8. The van der Waals surface area contributed by atoms with Gasteiger partial charge in [-0.15, -0.1) is 0 Å². The molecular weight excluding hydrogens is 258 g/mol. The van der Waals surface area contributed by atoms with E-state index in [4.69, 9.17) is 18.0 Å². The normalized spacial score (nSPS) is 18.9. The number of anilines is 1. The van der Waals surface area contributed by atoms with E-state index in [0.29, 0.717) is 18.8 Å². The van der Waals surface area contributed by atoms with Crippen molar-refractivity contribution in [2.45, 2.75) is 0 Å². The van der Waals surface area contributed by atoms with E-state index in [9.17, 15) is 8.42 Å². The van der Waals surface area contributed by atoms with Crippen LogP contribution in [0.1, 0.15) is 5.69 Å². The Bertz CT molecular complexity index is 528. The molecule has 7 heteroatoms. The molecule has 1 saturated heterocycles. The largest absolute Gasteiger partial charge is 0.388 e. The van der Waals surface area contributed by atoms with Crippen molar-refractivity contribution in [3.63, 3.8) is 0 Å². The Balaban J connectivity index is 2.27. The number of thiocarbonyl (C=S) groups is 1. The topological polar surface area (TPSA) is 76.3 Å². The monoisotopic (exact) mass is 271 g/mol. The molecule has 1 aliphatic heterocycles. The van der Waals surface area contributed by atoms with Gasteiger partial charge in [0.25, 0.3) is 0 Å². The van der Waals surface area contributed by atoms with Crippen LogP contribution in [-0.2, 0) is 9.84 Å². The molecule has 2 heterocycles. The van der Waals surface area contributed by atoms with Gasteiger partial charge in [-0.05, 0) is 12.1 Å². The number of pyridine rings is 1. The Labute approximate surface area is 106 Å². The molecule has 1 aromatic heterocycles. The van der Waals surface area contributed by atoms with Gasteiger partial charge >= 0.3 is 0 Å². The minimum atomic E-state index is -2.88. The van der Waals surface area contributed by atoms with Crippen LogP contribution in [0.15, 0.2) is 18.3 Å². The number of aromatic nitrogens is 1. The van der Waals surface area contributed by atoms with Crippen molar-refractivity contribution in [3.8, 4) is 0 Å². The maximum atomic E-state index is 11.4. The van der Waals surface area contributed by atoms with Crippen molar-refractivity contribution in [1.29, 1.82) is 0 Å². The van der Waals surface area contributed by atoms with E-state index in [1.165, 1.54) is 0 Å². The van der Waals surface area contributed by atoms with Crippen LogP contribution in [0.25, 0.3) is 0 Å². The van der Waals surface area contributed by atoms with Gasteiger partial charge in [0.1, 0.15) is 10.7 Å². The van der Waals surface area contributed by atoms with Crippen LogP contribution in [-0.4, -0.2) is 43.0 Å². The zero-order chi connectivity index (χ0) is 12.5. The lowest BCUT2D eigenvalue weighted by atomic mass is 10.2. The molecule has 1 aromatic rings. The van der Waals surface area contributed by atoms with E-state index in [1.807, 2.05) is 11.0 Å². The quantitative estimate of drug-likeness (QED) is 0.760. The highest BCUT2D eigenvalue weighted by molar-refractivity contribution is 7.91. The van der Waals surface area contributed by atoms with E-state index < -0.39 is 9.84 Å². The second kappa shape index (κ2) is 4.58. The van der Waals surface area contributed by atoms with Crippen LogP contribution in [0, 0.1) is 0 Å². The number of rotatable bonds is 2. The summed E-state index contributed by atoms with van der Waals surface area (Å²) < 4.78 is 22.7. The highest BCUT2D eigenvalue weighted by Gasteiger charge is 2.23. The summed E-state index contributed by atoms with van der Waals surface area (Å²) in [5.41, 5.74) is 6.97. The van der Waals surface area contributed by atoms with Crippen LogP contribution >= 0.6 is 12.2 Å². The summed E-state index contributed by atoms with van der Waals surface area (Å²) in [6.45, 7) is 0.924. The van der Waals surface area contributed by atoms with Gasteiger partial charge in [-0.25, -0.2) is 8.42 Å². The smallest absolute Gasteiger partial charge is 0.153 e. The molecule has 1 fully saturated rings. The summed E-state index contributed by atoms with van der Waals surface area (Å²) in [7, 11) is -2.88. The van der Waals surface area contributed by atoms with Crippen molar-refractivity contribution in [2.75, 3.05) is 29.5 Å². The molecule has 0 unspecified atom stereocenters. The lowest BCUT2D eigenvalue weighted by Gasteiger charge is -2.29. The maximum Gasteiger partial charge on any atom is 0.153 e. The van der Waals surface area contributed by atoms with E-state index in [1.54, 1.807) is 12.3 Å². The van der Waals surface area contributed by atoms with E-state index in [2.05, 4.69) is 4.98 Å². The number of hydrogen-bond acceptors (Lipinski definition) is 5. The van der Waals surface area contributed by atoms with Crippen LogP contribution in [0.5, 0.6) is 0 Å². The molecule has 0 radical (unpaired) electrons. The summed E-state index contributed by atoms with van der Waals surface area (Å²) >= 11 is 4.93. The molecule has 0 aliphatic carbocycles. The molecule has 0 spiro atoms. The second-order valence-electron chi connectivity index (χ2n) is 3.87. The van der Waals surface area contributed by atoms with Crippen LogP contribution < -0.4 is 10.6 Å². The molecule has 92 valence electrons. The molecular formula is C10H13N3O2S2. The fourth-order valence-electron chi connectivity index (χ4n) is 1.80. The van der Waals surface area contributed by atoms with Gasteiger partial charge in [0.05, 0.1) is 17.2 Å². The molecule has 0 bridgehead atoms. The minimum Gasteiger partial charge on any atom is -0.388 e. The maximum absolute atomic E-state index is 11.4. The van der Waals surface area contributed by atoms with Crippen molar-refractivity contribution in [3.05, 3.63) is 24.0 Å². The van der Waals surface area contributed by atoms with Crippen molar-refractivity contribution in [1.82, 2.24) is 4.98 Å². The number of nitrogens with zero attached hydrogens (tertiary/aromatic N) is 2. The molecule has 17 heavy (non-hydrogen) atoms. The third-order valence-corrected chi connectivity index (χ3v) is 4.51. The van der Waals surface area contributed by atoms with Gasteiger partial charge in [-0.2, -0.15) is 0 Å². The van der Waals surface area contributed by atoms with Crippen LogP contribution in [0.3, 0.4) is 0 Å².